The minimum atomic E-state index is -4.46. The molecule has 1 atom stereocenters. The molecule has 2 N–H and O–H groups in total. The van der Waals surface area contributed by atoms with Crippen LogP contribution in [0.15, 0.2) is 23.4 Å². The maximum atomic E-state index is 12.4. The third kappa shape index (κ3) is 6.02. The lowest BCUT2D eigenvalue weighted by atomic mass is 10.1. The molecule has 0 spiro atoms. The zero-order chi connectivity index (χ0) is 15.3. The van der Waals surface area contributed by atoms with Crippen LogP contribution in [0.1, 0.15) is 23.2 Å². The van der Waals surface area contributed by atoms with E-state index in [1.165, 1.54) is 18.3 Å². The van der Waals surface area contributed by atoms with Crippen molar-refractivity contribution in [2.45, 2.75) is 23.4 Å². The number of thioether (sulfide) groups is 1. The van der Waals surface area contributed by atoms with Crippen LogP contribution in [0.4, 0.5) is 13.2 Å². The summed E-state index contributed by atoms with van der Waals surface area (Å²) in [6.07, 6.45) is 3.13. The first-order valence-corrected chi connectivity index (χ1v) is 7.47. The van der Waals surface area contributed by atoms with E-state index in [9.17, 15) is 18.0 Å². The van der Waals surface area contributed by atoms with Gasteiger partial charge in [-0.3, -0.25) is 4.79 Å². The molecule has 1 amide bonds. The van der Waals surface area contributed by atoms with Gasteiger partial charge in [0, 0.05) is 24.5 Å². The molecular weight excluding hydrogens is 339 g/mol. The quantitative estimate of drug-likeness (QED) is 0.797. The molecule has 2 rings (SSSR count). The molecule has 1 aliphatic rings. The van der Waals surface area contributed by atoms with Crippen molar-refractivity contribution in [1.29, 1.82) is 0 Å². The molecule has 0 aliphatic carbocycles. The molecule has 1 saturated heterocycles. The zero-order valence-corrected chi connectivity index (χ0v) is 13.3. The van der Waals surface area contributed by atoms with Gasteiger partial charge in [0.2, 0.25) is 0 Å². The predicted octanol–water partition coefficient (Wildman–Crippen LogP) is 2.84. The van der Waals surface area contributed by atoms with E-state index in [0.29, 0.717) is 12.5 Å². The molecule has 1 aromatic rings. The van der Waals surface area contributed by atoms with Crippen LogP contribution in [0.25, 0.3) is 0 Å². The van der Waals surface area contributed by atoms with Gasteiger partial charge >= 0.3 is 5.51 Å². The van der Waals surface area contributed by atoms with Gasteiger partial charge in [0.15, 0.2) is 0 Å². The van der Waals surface area contributed by atoms with Crippen molar-refractivity contribution in [3.05, 3.63) is 23.9 Å². The van der Waals surface area contributed by atoms with Crippen molar-refractivity contribution in [1.82, 2.24) is 15.6 Å². The second kappa shape index (κ2) is 8.59. The standard InChI is InChI=1S/C13H16F3N3OS.ClH/c14-13(15,16)21-12-10(2-1-5-19-12)11(20)18-7-4-9-3-6-17-8-9;/h1-2,5,9,17H,3-4,6-8H2,(H,18,20);1H. The first kappa shape index (κ1) is 19.1. The number of alkyl halides is 3. The first-order chi connectivity index (χ1) is 9.96. The fraction of sp³-hybridized carbons (Fsp3) is 0.538. The first-order valence-electron chi connectivity index (χ1n) is 6.65. The number of hydrogen-bond donors (Lipinski definition) is 2. The Morgan fingerprint density at radius 1 is 1.50 bits per heavy atom. The van der Waals surface area contributed by atoms with Crippen LogP contribution in [0.3, 0.4) is 0 Å². The van der Waals surface area contributed by atoms with E-state index in [4.69, 9.17) is 0 Å². The molecular formula is C13H17ClF3N3OS. The van der Waals surface area contributed by atoms with Gasteiger partial charge in [0.05, 0.1) is 5.56 Å². The van der Waals surface area contributed by atoms with E-state index >= 15 is 0 Å². The number of nitrogens with zero attached hydrogens (tertiary/aromatic N) is 1. The van der Waals surface area contributed by atoms with Crippen LogP contribution in [0.2, 0.25) is 0 Å². The highest BCUT2D eigenvalue weighted by atomic mass is 35.5. The highest BCUT2D eigenvalue weighted by molar-refractivity contribution is 8.00. The number of hydrogen-bond acceptors (Lipinski definition) is 4. The Balaban J connectivity index is 0.00000242. The Morgan fingerprint density at radius 2 is 2.27 bits per heavy atom. The van der Waals surface area contributed by atoms with E-state index in [1.807, 2.05) is 0 Å². The number of nitrogens with one attached hydrogen (secondary N) is 2. The van der Waals surface area contributed by atoms with Crippen molar-refractivity contribution >= 4 is 30.1 Å². The lowest BCUT2D eigenvalue weighted by Gasteiger charge is -2.12. The van der Waals surface area contributed by atoms with Crippen LogP contribution < -0.4 is 10.6 Å². The molecule has 9 heteroatoms. The van der Waals surface area contributed by atoms with E-state index in [-0.39, 0.29) is 34.8 Å². The molecule has 4 nitrogen and oxygen atoms in total. The highest BCUT2D eigenvalue weighted by Crippen LogP contribution is 2.37. The van der Waals surface area contributed by atoms with Gasteiger partial charge < -0.3 is 10.6 Å². The summed E-state index contributed by atoms with van der Waals surface area (Å²) in [7, 11) is 0. The molecule has 0 radical (unpaired) electrons. The third-order valence-corrected chi connectivity index (χ3v) is 3.98. The van der Waals surface area contributed by atoms with Crippen LogP contribution in [0, 0.1) is 5.92 Å². The average Bonchev–Trinajstić information content (AvgIpc) is 2.90. The maximum Gasteiger partial charge on any atom is 0.447 e. The Labute approximate surface area is 137 Å². The molecule has 0 saturated carbocycles. The van der Waals surface area contributed by atoms with Crippen molar-refractivity contribution in [2.75, 3.05) is 19.6 Å². The van der Waals surface area contributed by atoms with Crippen molar-refractivity contribution < 1.29 is 18.0 Å². The van der Waals surface area contributed by atoms with Crippen LogP contribution >= 0.6 is 24.2 Å². The Hall–Kier alpha value is -0.990. The van der Waals surface area contributed by atoms with Crippen molar-refractivity contribution in [3.8, 4) is 0 Å². The number of carbonyl (C=O) groups is 1. The summed E-state index contributed by atoms with van der Waals surface area (Å²) in [6.45, 7) is 2.36. The summed E-state index contributed by atoms with van der Waals surface area (Å²) < 4.78 is 37.3. The summed E-state index contributed by atoms with van der Waals surface area (Å²) in [5, 5.41) is 5.58. The van der Waals surface area contributed by atoms with Gasteiger partial charge in [0.25, 0.3) is 5.91 Å². The minimum absolute atomic E-state index is 0. The molecule has 1 unspecified atom stereocenters. The summed E-state index contributed by atoms with van der Waals surface area (Å²) in [5.74, 6) is 0.00373. The zero-order valence-electron chi connectivity index (χ0n) is 11.7. The molecule has 1 aromatic heterocycles. The smallest absolute Gasteiger partial charge is 0.352 e. The summed E-state index contributed by atoms with van der Waals surface area (Å²) >= 11 is -0.367. The second-order valence-electron chi connectivity index (χ2n) is 4.81. The number of aromatic nitrogens is 1. The third-order valence-electron chi connectivity index (χ3n) is 3.23. The number of halogens is 4. The van der Waals surface area contributed by atoms with Gasteiger partial charge in [-0.25, -0.2) is 4.98 Å². The molecule has 1 fully saturated rings. The molecule has 2 heterocycles. The number of amides is 1. The monoisotopic (exact) mass is 355 g/mol. The van der Waals surface area contributed by atoms with Gasteiger partial charge in [-0.15, -0.1) is 12.4 Å². The van der Waals surface area contributed by atoms with Gasteiger partial charge in [-0.1, -0.05) is 0 Å². The highest BCUT2D eigenvalue weighted by Gasteiger charge is 2.32. The van der Waals surface area contributed by atoms with E-state index in [0.717, 1.165) is 25.9 Å². The lowest BCUT2D eigenvalue weighted by Crippen LogP contribution is -2.27. The summed E-state index contributed by atoms with van der Waals surface area (Å²) in [4.78, 5) is 15.6. The SMILES string of the molecule is Cl.O=C(NCCC1CCNC1)c1cccnc1SC(F)(F)F. The predicted molar refractivity (Wildman–Crippen MR) is 81.3 cm³/mol. The van der Waals surface area contributed by atoms with Crippen molar-refractivity contribution in [2.24, 2.45) is 5.92 Å². The summed E-state index contributed by atoms with van der Waals surface area (Å²) in [6, 6.07) is 2.81. The number of rotatable bonds is 5. The Kier molecular flexibility index (Phi) is 7.44. The van der Waals surface area contributed by atoms with E-state index in [1.54, 1.807) is 0 Å². The molecule has 1 aliphatic heterocycles. The van der Waals surface area contributed by atoms with E-state index < -0.39 is 11.4 Å². The largest absolute Gasteiger partial charge is 0.447 e. The fourth-order valence-electron chi connectivity index (χ4n) is 2.20. The Bertz CT molecular complexity index is 496. The van der Waals surface area contributed by atoms with Gasteiger partial charge in [-0.2, -0.15) is 13.2 Å². The molecule has 22 heavy (non-hydrogen) atoms. The van der Waals surface area contributed by atoms with E-state index in [2.05, 4.69) is 15.6 Å². The normalized spacial score (nSPS) is 17.9. The van der Waals surface area contributed by atoms with Gasteiger partial charge in [0.1, 0.15) is 5.03 Å². The Morgan fingerprint density at radius 3 is 2.91 bits per heavy atom. The van der Waals surface area contributed by atoms with Gasteiger partial charge in [-0.05, 0) is 44.0 Å². The van der Waals surface area contributed by atoms with Crippen LogP contribution in [0.5, 0.6) is 0 Å². The van der Waals surface area contributed by atoms with Crippen LogP contribution in [-0.2, 0) is 0 Å². The second-order valence-corrected chi connectivity index (χ2v) is 5.86. The minimum Gasteiger partial charge on any atom is -0.352 e. The molecule has 0 bridgehead atoms. The maximum absolute atomic E-state index is 12.4. The molecule has 124 valence electrons. The topological polar surface area (TPSA) is 54.0 Å². The lowest BCUT2D eigenvalue weighted by molar-refractivity contribution is -0.0329. The fourth-order valence-corrected chi connectivity index (χ4v) is 2.80. The number of pyridine rings is 1. The average molecular weight is 356 g/mol. The van der Waals surface area contributed by atoms with Crippen molar-refractivity contribution in [3.63, 3.8) is 0 Å². The molecule has 0 aromatic carbocycles. The number of carbonyl (C=O) groups excluding carboxylic acids is 1. The van der Waals surface area contributed by atoms with Crippen LogP contribution in [-0.4, -0.2) is 36.0 Å². The summed E-state index contributed by atoms with van der Waals surface area (Å²) in [5.41, 5.74) is -4.50.